The van der Waals surface area contributed by atoms with Crippen LogP contribution in [0.1, 0.15) is 40.8 Å². The number of carbonyl (C=O) groups is 1. The van der Waals surface area contributed by atoms with E-state index >= 15 is 0 Å². The van der Waals surface area contributed by atoms with Gasteiger partial charge in [0.05, 0.1) is 19.0 Å². The molecule has 37 heavy (non-hydrogen) atoms. The fraction of sp³-hybridized carbons (Fsp3) is 0.233. The Balaban J connectivity index is 1.45. The van der Waals surface area contributed by atoms with Crippen molar-refractivity contribution in [3.8, 4) is 5.75 Å². The average molecular weight is 498 g/mol. The van der Waals surface area contributed by atoms with Gasteiger partial charge in [0.1, 0.15) is 18.3 Å². The highest BCUT2D eigenvalue weighted by atomic mass is 16.6. The molecule has 4 rings (SSSR count). The summed E-state index contributed by atoms with van der Waals surface area (Å²) in [6, 6.07) is 25.7. The first-order valence-corrected chi connectivity index (χ1v) is 12.1. The van der Waals surface area contributed by atoms with Gasteiger partial charge < -0.3 is 14.3 Å². The maximum Gasteiger partial charge on any atom is 0.314 e. The van der Waals surface area contributed by atoms with Gasteiger partial charge in [0.2, 0.25) is 0 Å². The van der Waals surface area contributed by atoms with Crippen molar-refractivity contribution in [2.75, 3.05) is 7.11 Å². The molecule has 7 heteroatoms. The van der Waals surface area contributed by atoms with E-state index in [2.05, 4.69) is 46.5 Å². The largest absolute Gasteiger partial charge is 0.481 e. The molecular weight excluding hydrogens is 466 g/mol. The van der Waals surface area contributed by atoms with Gasteiger partial charge in [0.15, 0.2) is 6.10 Å². The molecule has 1 N–H and O–H groups in total. The molecule has 0 radical (unpaired) electrons. The Morgan fingerprint density at radius 3 is 2.32 bits per heavy atom. The molecule has 1 aromatic heterocycles. The van der Waals surface area contributed by atoms with Crippen molar-refractivity contribution in [1.82, 2.24) is 10.2 Å². The molecule has 1 heterocycles. The number of hydrogen-bond donors (Lipinski definition) is 1. The second kappa shape index (κ2) is 12.5. The number of rotatable bonds is 11. The SMILES string of the molecule is COC(=O)C(Cc1ccc(OC(c2ccc(C)cc2)c2cn[nH]c2)cc1)C(C)=NOCc1ccccc1. The molecule has 190 valence electrons. The maximum absolute atomic E-state index is 12.5. The summed E-state index contributed by atoms with van der Waals surface area (Å²) in [6.07, 6.45) is 3.73. The lowest BCUT2D eigenvalue weighted by Gasteiger charge is -2.19. The van der Waals surface area contributed by atoms with Gasteiger partial charge >= 0.3 is 5.97 Å². The summed E-state index contributed by atoms with van der Waals surface area (Å²) in [5, 5.41) is 11.1. The first-order valence-electron chi connectivity index (χ1n) is 12.1. The number of carbonyl (C=O) groups excluding carboxylic acids is 1. The predicted octanol–water partition coefficient (Wildman–Crippen LogP) is 5.81. The lowest BCUT2D eigenvalue weighted by atomic mass is 9.95. The summed E-state index contributed by atoms with van der Waals surface area (Å²) in [5.74, 6) is -0.204. The van der Waals surface area contributed by atoms with E-state index in [1.54, 1.807) is 13.1 Å². The molecular formula is C30H31N3O4. The number of esters is 1. The monoisotopic (exact) mass is 497 g/mol. The van der Waals surface area contributed by atoms with E-state index in [-0.39, 0.29) is 12.1 Å². The first-order chi connectivity index (χ1) is 18.0. The number of aromatic amines is 1. The summed E-state index contributed by atoms with van der Waals surface area (Å²) >= 11 is 0. The number of aromatic nitrogens is 2. The zero-order valence-electron chi connectivity index (χ0n) is 21.3. The van der Waals surface area contributed by atoms with Crippen LogP contribution in [0.2, 0.25) is 0 Å². The highest BCUT2D eigenvalue weighted by Gasteiger charge is 2.24. The molecule has 0 amide bonds. The quantitative estimate of drug-likeness (QED) is 0.161. The van der Waals surface area contributed by atoms with Gasteiger partial charge in [-0.25, -0.2) is 0 Å². The van der Waals surface area contributed by atoms with Crippen LogP contribution in [0, 0.1) is 12.8 Å². The van der Waals surface area contributed by atoms with Crippen LogP contribution in [0.25, 0.3) is 0 Å². The Bertz CT molecular complexity index is 1290. The molecule has 0 saturated heterocycles. The van der Waals surface area contributed by atoms with Gasteiger partial charge in [-0.15, -0.1) is 0 Å². The van der Waals surface area contributed by atoms with E-state index < -0.39 is 5.92 Å². The van der Waals surface area contributed by atoms with Crippen LogP contribution in [0.3, 0.4) is 0 Å². The van der Waals surface area contributed by atoms with Gasteiger partial charge in [-0.2, -0.15) is 5.10 Å². The van der Waals surface area contributed by atoms with Crippen molar-refractivity contribution in [3.63, 3.8) is 0 Å². The number of oxime groups is 1. The highest BCUT2D eigenvalue weighted by molar-refractivity contribution is 6.00. The van der Waals surface area contributed by atoms with E-state index in [4.69, 9.17) is 14.3 Å². The summed E-state index contributed by atoms with van der Waals surface area (Å²) in [7, 11) is 1.38. The van der Waals surface area contributed by atoms with Crippen LogP contribution in [-0.2, 0) is 27.4 Å². The zero-order valence-corrected chi connectivity index (χ0v) is 21.3. The Kier molecular flexibility index (Phi) is 8.70. The third-order valence-electron chi connectivity index (χ3n) is 6.09. The van der Waals surface area contributed by atoms with Crippen LogP contribution in [0.4, 0.5) is 0 Å². The van der Waals surface area contributed by atoms with Crippen LogP contribution < -0.4 is 4.74 Å². The van der Waals surface area contributed by atoms with Crippen molar-refractivity contribution in [1.29, 1.82) is 0 Å². The van der Waals surface area contributed by atoms with Gasteiger partial charge in [-0.1, -0.05) is 77.4 Å². The van der Waals surface area contributed by atoms with Gasteiger partial charge in [0.25, 0.3) is 0 Å². The van der Waals surface area contributed by atoms with E-state index in [1.807, 2.05) is 60.8 Å². The van der Waals surface area contributed by atoms with E-state index in [9.17, 15) is 4.79 Å². The molecule has 7 nitrogen and oxygen atoms in total. The third-order valence-corrected chi connectivity index (χ3v) is 6.09. The fourth-order valence-electron chi connectivity index (χ4n) is 3.94. The number of H-pyrrole nitrogens is 1. The Labute approximate surface area is 217 Å². The molecule has 0 aliphatic rings. The van der Waals surface area contributed by atoms with E-state index in [0.29, 0.717) is 24.5 Å². The van der Waals surface area contributed by atoms with Crippen molar-refractivity contribution in [3.05, 3.63) is 119 Å². The van der Waals surface area contributed by atoms with E-state index in [1.165, 1.54) is 12.7 Å². The van der Waals surface area contributed by atoms with Crippen LogP contribution >= 0.6 is 0 Å². The van der Waals surface area contributed by atoms with Crippen LogP contribution in [0.15, 0.2) is 96.4 Å². The molecule has 2 atom stereocenters. The Morgan fingerprint density at radius 1 is 0.946 bits per heavy atom. The third kappa shape index (κ3) is 7.07. The molecule has 0 aliphatic heterocycles. The number of benzene rings is 3. The van der Waals surface area contributed by atoms with Gasteiger partial charge in [-0.3, -0.25) is 9.89 Å². The molecule has 2 unspecified atom stereocenters. The van der Waals surface area contributed by atoms with Crippen molar-refractivity contribution >= 4 is 11.7 Å². The number of aryl methyl sites for hydroxylation is 1. The first kappa shape index (κ1) is 25.7. The lowest BCUT2D eigenvalue weighted by Crippen LogP contribution is -2.26. The minimum atomic E-state index is -0.557. The molecule has 0 saturated carbocycles. The average Bonchev–Trinajstić information content (AvgIpc) is 3.47. The Hall–Kier alpha value is -4.39. The second-order valence-electron chi connectivity index (χ2n) is 8.86. The summed E-state index contributed by atoms with van der Waals surface area (Å²) in [4.78, 5) is 18.0. The summed E-state index contributed by atoms with van der Waals surface area (Å²) < 4.78 is 11.4. The van der Waals surface area contributed by atoms with Crippen molar-refractivity contribution in [2.45, 2.75) is 33.0 Å². The van der Waals surface area contributed by atoms with Crippen LogP contribution in [-0.4, -0.2) is 29.0 Å². The Morgan fingerprint density at radius 2 is 1.68 bits per heavy atom. The van der Waals surface area contributed by atoms with Crippen molar-refractivity contribution in [2.24, 2.45) is 11.1 Å². The number of hydrogen-bond acceptors (Lipinski definition) is 6. The number of methoxy groups -OCH3 is 1. The molecule has 0 aliphatic carbocycles. The minimum absolute atomic E-state index is 0.302. The van der Waals surface area contributed by atoms with Crippen LogP contribution in [0.5, 0.6) is 5.75 Å². The van der Waals surface area contributed by atoms with Gasteiger partial charge in [-0.05, 0) is 49.1 Å². The maximum atomic E-state index is 12.5. The number of nitrogens with zero attached hydrogens (tertiary/aromatic N) is 2. The number of ether oxygens (including phenoxy) is 2. The topological polar surface area (TPSA) is 85.8 Å². The van der Waals surface area contributed by atoms with Crippen molar-refractivity contribution < 1.29 is 19.1 Å². The molecule has 4 aromatic rings. The summed E-state index contributed by atoms with van der Waals surface area (Å²) in [6.45, 7) is 4.16. The van der Waals surface area contributed by atoms with E-state index in [0.717, 1.165) is 22.3 Å². The molecule has 3 aromatic carbocycles. The molecule has 0 bridgehead atoms. The smallest absolute Gasteiger partial charge is 0.314 e. The zero-order chi connectivity index (χ0) is 26.0. The minimum Gasteiger partial charge on any atom is -0.481 e. The summed E-state index contributed by atoms with van der Waals surface area (Å²) in [5.41, 5.74) is 5.66. The standard InChI is InChI=1S/C30H31N3O4/c1-21-9-13-25(14-10-21)29(26-18-31-32-19-26)37-27-15-11-23(12-16-27)17-28(30(34)35-3)22(2)33-36-20-24-7-5-4-6-8-24/h4-16,18-19,28-29H,17,20H2,1-3H3,(H,31,32). The highest BCUT2D eigenvalue weighted by Crippen LogP contribution is 2.29. The molecule has 0 spiro atoms. The fourth-order valence-corrected chi connectivity index (χ4v) is 3.94. The predicted molar refractivity (Wildman–Crippen MR) is 142 cm³/mol. The number of nitrogens with one attached hydrogen (secondary N) is 1. The lowest BCUT2D eigenvalue weighted by molar-refractivity contribution is -0.143. The molecule has 0 fully saturated rings. The van der Waals surface area contributed by atoms with Gasteiger partial charge in [0, 0.05) is 11.8 Å². The second-order valence-corrected chi connectivity index (χ2v) is 8.86. The normalized spacial score (nSPS) is 13.0.